The van der Waals surface area contributed by atoms with Crippen LogP contribution in [0.25, 0.3) is 0 Å². The lowest BCUT2D eigenvalue weighted by molar-refractivity contribution is -0.00110. The molecule has 0 aliphatic rings. The molecule has 0 unspecified atom stereocenters. The molecule has 0 spiro atoms. The van der Waals surface area contributed by atoms with Gasteiger partial charge in [-0.25, -0.2) is 4.79 Å². The lowest BCUT2D eigenvalue weighted by Gasteiger charge is -2.18. The summed E-state index contributed by atoms with van der Waals surface area (Å²) < 4.78 is 7.37. The van der Waals surface area contributed by atoms with Gasteiger partial charge in [-0.1, -0.05) is 30.3 Å². The molecule has 3 atom stereocenters. The number of amides is 2. The number of nitrogens with zero attached hydrogens (tertiary/aromatic N) is 3. The highest BCUT2D eigenvalue weighted by Crippen LogP contribution is 2.15. The van der Waals surface area contributed by atoms with Crippen LogP contribution in [-0.2, 0) is 11.8 Å². The normalized spacial score (nSPS) is 14.6. The van der Waals surface area contributed by atoms with E-state index in [0.717, 1.165) is 5.56 Å². The topological polar surface area (TPSA) is 101 Å². The molecule has 0 aliphatic carbocycles. The van der Waals surface area contributed by atoms with Gasteiger partial charge in [-0.05, 0) is 19.4 Å². The molecule has 3 N–H and O–H groups in total. The van der Waals surface area contributed by atoms with Gasteiger partial charge in [0.1, 0.15) is 6.33 Å². The number of hydrogen-bond acceptors (Lipinski definition) is 5. The largest absolute Gasteiger partial charge is 0.389 e. The molecule has 8 heteroatoms. The molecule has 1 aromatic carbocycles. The zero-order valence-electron chi connectivity index (χ0n) is 14.7. The molecule has 0 bridgehead atoms. The average Bonchev–Trinajstić information content (AvgIpc) is 3.04. The quantitative estimate of drug-likeness (QED) is 0.668. The van der Waals surface area contributed by atoms with Crippen LogP contribution < -0.4 is 10.6 Å². The molecule has 0 radical (unpaired) electrons. The van der Waals surface area contributed by atoms with E-state index in [9.17, 15) is 9.90 Å². The van der Waals surface area contributed by atoms with Gasteiger partial charge in [0.05, 0.1) is 24.9 Å². The minimum atomic E-state index is -0.790. The van der Waals surface area contributed by atoms with Gasteiger partial charge in [-0.2, -0.15) is 0 Å². The fourth-order valence-corrected chi connectivity index (χ4v) is 2.34. The third-order valence-electron chi connectivity index (χ3n) is 3.79. The summed E-state index contributed by atoms with van der Waals surface area (Å²) in [6, 6.07) is 9.08. The fourth-order valence-electron chi connectivity index (χ4n) is 2.34. The first kappa shape index (κ1) is 18.9. The van der Waals surface area contributed by atoms with Gasteiger partial charge < -0.3 is 25.0 Å². The van der Waals surface area contributed by atoms with E-state index < -0.39 is 6.10 Å². The SMILES string of the molecule is C[C@H](NC(=O)NC[C@@H](O)CO[C@@H](C)c1ccccc1)c1nncn1C. The van der Waals surface area contributed by atoms with Crippen LogP contribution in [0.1, 0.15) is 37.4 Å². The number of carbonyl (C=O) groups excluding carboxylic acids is 1. The fraction of sp³-hybridized carbons (Fsp3) is 0.471. The Morgan fingerprint density at radius 3 is 2.68 bits per heavy atom. The van der Waals surface area contributed by atoms with Gasteiger partial charge in [0.25, 0.3) is 0 Å². The number of carbonyl (C=O) groups is 1. The Labute approximate surface area is 147 Å². The van der Waals surface area contributed by atoms with Crippen LogP contribution in [0.2, 0.25) is 0 Å². The number of aliphatic hydroxyl groups is 1. The Hall–Kier alpha value is -2.45. The lowest BCUT2D eigenvalue weighted by atomic mass is 10.1. The molecular formula is C17H25N5O3. The van der Waals surface area contributed by atoms with Crippen molar-refractivity contribution in [2.24, 2.45) is 7.05 Å². The van der Waals surface area contributed by atoms with Crippen LogP contribution in [0.15, 0.2) is 36.7 Å². The minimum absolute atomic E-state index is 0.0961. The van der Waals surface area contributed by atoms with E-state index in [4.69, 9.17) is 4.74 Å². The summed E-state index contributed by atoms with van der Waals surface area (Å²) >= 11 is 0. The van der Waals surface area contributed by atoms with Crippen molar-refractivity contribution < 1.29 is 14.6 Å². The molecule has 0 saturated carbocycles. The first-order valence-electron chi connectivity index (χ1n) is 8.20. The maximum absolute atomic E-state index is 11.9. The number of ether oxygens (including phenoxy) is 1. The van der Waals surface area contributed by atoms with Crippen LogP contribution in [0.3, 0.4) is 0 Å². The van der Waals surface area contributed by atoms with Crippen molar-refractivity contribution in [1.82, 2.24) is 25.4 Å². The Kier molecular flexibility index (Phi) is 6.91. The van der Waals surface area contributed by atoms with Gasteiger partial charge in [-0.3, -0.25) is 0 Å². The molecule has 25 heavy (non-hydrogen) atoms. The molecule has 8 nitrogen and oxygen atoms in total. The van der Waals surface area contributed by atoms with E-state index in [0.29, 0.717) is 5.82 Å². The second-order valence-corrected chi connectivity index (χ2v) is 5.92. The molecular weight excluding hydrogens is 322 g/mol. The maximum atomic E-state index is 11.9. The molecule has 2 amide bonds. The highest BCUT2D eigenvalue weighted by Gasteiger charge is 2.15. The van der Waals surface area contributed by atoms with Gasteiger partial charge in [0.2, 0.25) is 0 Å². The number of benzene rings is 1. The highest BCUT2D eigenvalue weighted by molar-refractivity contribution is 5.74. The highest BCUT2D eigenvalue weighted by atomic mass is 16.5. The summed E-state index contributed by atoms with van der Waals surface area (Å²) in [7, 11) is 1.81. The van der Waals surface area contributed by atoms with Crippen molar-refractivity contribution in [3.8, 4) is 0 Å². The van der Waals surface area contributed by atoms with Gasteiger partial charge in [-0.15, -0.1) is 10.2 Å². The lowest BCUT2D eigenvalue weighted by Crippen LogP contribution is -2.42. The standard InChI is InChI=1S/C17H25N5O3/c1-12(16-21-19-11-22(16)3)20-17(24)18-9-15(23)10-25-13(2)14-7-5-4-6-8-14/h4-8,11-13,15,23H,9-10H2,1-3H3,(H2,18,20,24)/t12-,13-,15+/m0/s1. The van der Waals surface area contributed by atoms with Crippen LogP contribution in [-0.4, -0.2) is 45.2 Å². The maximum Gasteiger partial charge on any atom is 0.315 e. The third-order valence-corrected chi connectivity index (χ3v) is 3.79. The van der Waals surface area contributed by atoms with Crippen LogP contribution >= 0.6 is 0 Å². The van der Waals surface area contributed by atoms with E-state index in [1.807, 2.05) is 44.2 Å². The van der Waals surface area contributed by atoms with Gasteiger partial charge in [0.15, 0.2) is 5.82 Å². The van der Waals surface area contributed by atoms with Crippen molar-refractivity contribution in [3.05, 3.63) is 48.0 Å². The average molecular weight is 347 g/mol. The van der Waals surface area contributed by atoms with Gasteiger partial charge in [0, 0.05) is 13.6 Å². The number of hydrogen-bond donors (Lipinski definition) is 3. The summed E-state index contributed by atoms with van der Waals surface area (Å²) in [6.45, 7) is 3.96. The van der Waals surface area contributed by atoms with Crippen molar-refractivity contribution in [2.45, 2.75) is 32.1 Å². The Morgan fingerprint density at radius 2 is 2.04 bits per heavy atom. The third kappa shape index (κ3) is 5.84. The Balaban J connectivity index is 1.68. The smallest absolute Gasteiger partial charge is 0.315 e. The van der Waals surface area contributed by atoms with Crippen LogP contribution in [0, 0.1) is 0 Å². The predicted molar refractivity (Wildman–Crippen MR) is 92.8 cm³/mol. The van der Waals surface area contributed by atoms with Crippen molar-refractivity contribution >= 4 is 6.03 Å². The molecule has 1 heterocycles. The summed E-state index contributed by atoms with van der Waals surface area (Å²) in [5.41, 5.74) is 1.04. The number of aromatic nitrogens is 3. The van der Waals surface area contributed by atoms with E-state index >= 15 is 0 Å². The molecule has 136 valence electrons. The first-order valence-corrected chi connectivity index (χ1v) is 8.20. The molecule has 1 aromatic heterocycles. The van der Waals surface area contributed by atoms with Crippen molar-refractivity contribution in [1.29, 1.82) is 0 Å². The number of aliphatic hydroxyl groups excluding tert-OH is 1. The van der Waals surface area contributed by atoms with Crippen LogP contribution in [0.5, 0.6) is 0 Å². The number of nitrogens with one attached hydrogen (secondary N) is 2. The molecule has 0 saturated heterocycles. The van der Waals surface area contributed by atoms with Crippen molar-refractivity contribution in [2.75, 3.05) is 13.2 Å². The Morgan fingerprint density at radius 1 is 1.32 bits per heavy atom. The first-order chi connectivity index (χ1) is 12.0. The zero-order valence-corrected chi connectivity index (χ0v) is 14.7. The number of aryl methyl sites for hydroxylation is 1. The molecule has 2 aromatic rings. The zero-order chi connectivity index (χ0) is 18.2. The predicted octanol–water partition coefficient (Wildman–Crippen LogP) is 1.31. The molecule has 0 aliphatic heterocycles. The summed E-state index contributed by atoms with van der Waals surface area (Å²) in [5.74, 6) is 0.649. The van der Waals surface area contributed by atoms with E-state index in [2.05, 4.69) is 20.8 Å². The summed E-state index contributed by atoms with van der Waals surface area (Å²) in [5, 5.41) is 23.0. The van der Waals surface area contributed by atoms with Crippen LogP contribution in [0.4, 0.5) is 4.79 Å². The second kappa shape index (κ2) is 9.14. The summed E-state index contributed by atoms with van der Waals surface area (Å²) in [6.07, 6.45) is 0.656. The second-order valence-electron chi connectivity index (χ2n) is 5.92. The molecule has 0 fully saturated rings. The molecule has 2 rings (SSSR count). The summed E-state index contributed by atoms with van der Waals surface area (Å²) in [4.78, 5) is 11.9. The number of rotatable bonds is 8. The Bertz CT molecular complexity index is 661. The van der Waals surface area contributed by atoms with E-state index in [-0.39, 0.29) is 31.3 Å². The minimum Gasteiger partial charge on any atom is -0.389 e. The van der Waals surface area contributed by atoms with E-state index in [1.165, 1.54) is 0 Å². The van der Waals surface area contributed by atoms with Crippen molar-refractivity contribution in [3.63, 3.8) is 0 Å². The monoisotopic (exact) mass is 347 g/mol. The number of urea groups is 1. The van der Waals surface area contributed by atoms with Gasteiger partial charge >= 0.3 is 6.03 Å². The van der Waals surface area contributed by atoms with E-state index in [1.54, 1.807) is 17.9 Å².